The molecule has 0 amide bonds. The van der Waals surface area contributed by atoms with Crippen LogP contribution in [0.2, 0.25) is 0 Å². The predicted molar refractivity (Wildman–Crippen MR) is 103 cm³/mol. The molecule has 3 aromatic rings. The number of alkyl halides is 3. The minimum Gasteiger partial charge on any atom is -0.338 e. The first kappa shape index (κ1) is 19.5. The van der Waals surface area contributed by atoms with Gasteiger partial charge in [0.25, 0.3) is 0 Å². The molecule has 1 atom stereocenters. The van der Waals surface area contributed by atoms with Gasteiger partial charge in [0.2, 0.25) is 5.95 Å². The second-order valence-corrected chi connectivity index (χ2v) is 7.03. The summed E-state index contributed by atoms with van der Waals surface area (Å²) in [6.07, 6.45) is 1.86. The van der Waals surface area contributed by atoms with Crippen LogP contribution in [0.1, 0.15) is 30.5 Å². The molecule has 0 radical (unpaired) electrons. The number of halogens is 3. The second kappa shape index (κ2) is 7.90. The third kappa shape index (κ3) is 4.14. The molecule has 9 heteroatoms. The Morgan fingerprint density at radius 3 is 2.34 bits per heavy atom. The Morgan fingerprint density at radius 1 is 0.966 bits per heavy atom. The molecular formula is C20H21F3N6. The third-order valence-corrected chi connectivity index (χ3v) is 5.25. The molecule has 0 spiro atoms. The molecular weight excluding hydrogens is 381 g/mol. The molecule has 1 aliphatic rings. The summed E-state index contributed by atoms with van der Waals surface area (Å²) >= 11 is 0. The van der Waals surface area contributed by atoms with E-state index in [-0.39, 0.29) is 6.04 Å². The standard InChI is InChI=1S/C20H21F3N6/c1-2-18(14-10-17-16(25-11-14)4-3-5-24-17)28-6-8-29(9-7-28)19-26-12-15(13-27-19)20(21,22)23/h3-5,10-13,18H,2,6-9H2,1H3. The molecule has 4 rings (SSSR count). The zero-order chi connectivity index (χ0) is 20.4. The van der Waals surface area contributed by atoms with E-state index in [9.17, 15) is 13.2 Å². The van der Waals surface area contributed by atoms with Crippen molar-refractivity contribution in [3.05, 3.63) is 54.1 Å². The van der Waals surface area contributed by atoms with Gasteiger partial charge in [0, 0.05) is 57.0 Å². The molecule has 29 heavy (non-hydrogen) atoms. The highest BCUT2D eigenvalue weighted by Gasteiger charge is 2.32. The Morgan fingerprint density at radius 2 is 1.69 bits per heavy atom. The van der Waals surface area contributed by atoms with Gasteiger partial charge in [0.15, 0.2) is 0 Å². The van der Waals surface area contributed by atoms with Crippen LogP contribution in [0.5, 0.6) is 0 Å². The van der Waals surface area contributed by atoms with E-state index in [0.29, 0.717) is 19.0 Å². The first-order chi connectivity index (χ1) is 14.0. The highest BCUT2D eigenvalue weighted by molar-refractivity contribution is 5.74. The van der Waals surface area contributed by atoms with Crippen LogP contribution in [0.4, 0.5) is 19.1 Å². The van der Waals surface area contributed by atoms with E-state index in [1.165, 1.54) is 0 Å². The van der Waals surface area contributed by atoms with Crippen LogP contribution < -0.4 is 4.90 Å². The van der Waals surface area contributed by atoms with Crippen molar-refractivity contribution in [1.82, 2.24) is 24.8 Å². The van der Waals surface area contributed by atoms with Gasteiger partial charge in [-0.25, -0.2) is 9.97 Å². The third-order valence-electron chi connectivity index (χ3n) is 5.25. The predicted octanol–water partition coefficient (Wildman–Crippen LogP) is 3.71. The Kier molecular flexibility index (Phi) is 5.31. The highest BCUT2D eigenvalue weighted by atomic mass is 19.4. The Labute approximate surface area is 166 Å². The second-order valence-electron chi connectivity index (χ2n) is 7.03. The van der Waals surface area contributed by atoms with Crippen molar-refractivity contribution in [2.24, 2.45) is 0 Å². The summed E-state index contributed by atoms with van der Waals surface area (Å²) in [5.74, 6) is 0.335. The fourth-order valence-electron chi connectivity index (χ4n) is 3.72. The Balaban J connectivity index is 1.44. The topological polar surface area (TPSA) is 58.0 Å². The summed E-state index contributed by atoms with van der Waals surface area (Å²) in [5.41, 5.74) is 2.04. The molecule has 152 valence electrons. The number of hydrogen-bond donors (Lipinski definition) is 0. The summed E-state index contributed by atoms with van der Waals surface area (Å²) in [6, 6.07) is 6.11. The van der Waals surface area contributed by atoms with E-state index in [1.807, 2.05) is 23.2 Å². The average Bonchev–Trinajstić information content (AvgIpc) is 2.74. The largest absolute Gasteiger partial charge is 0.419 e. The summed E-state index contributed by atoms with van der Waals surface area (Å²) in [4.78, 5) is 21.0. The van der Waals surface area contributed by atoms with Gasteiger partial charge in [0.05, 0.1) is 16.6 Å². The fourth-order valence-corrected chi connectivity index (χ4v) is 3.72. The van der Waals surface area contributed by atoms with Crippen LogP contribution in [-0.2, 0) is 6.18 Å². The molecule has 6 nitrogen and oxygen atoms in total. The summed E-state index contributed by atoms with van der Waals surface area (Å²) in [7, 11) is 0. The number of anilines is 1. The molecule has 3 aromatic heterocycles. The average molecular weight is 402 g/mol. The zero-order valence-electron chi connectivity index (χ0n) is 16.0. The van der Waals surface area contributed by atoms with Crippen molar-refractivity contribution in [3.63, 3.8) is 0 Å². The van der Waals surface area contributed by atoms with Gasteiger partial charge in [-0.15, -0.1) is 0 Å². The highest BCUT2D eigenvalue weighted by Crippen LogP contribution is 2.29. The van der Waals surface area contributed by atoms with Crippen molar-refractivity contribution >= 4 is 17.0 Å². The van der Waals surface area contributed by atoms with Crippen LogP contribution in [0.25, 0.3) is 11.0 Å². The van der Waals surface area contributed by atoms with Gasteiger partial charge in [0.1, 0.15) is 0 Å². The molecule has 0 bridgehead atoms. The molecule has 0 aromatic carbocycles. The number of piperazine rings is 1. The van der Waals surface area contributed by atoms with Gasteiger partial charge in [-0.3, -0.25) is 14.9 Å². The molecule has 1 aliphatic heterocycles. The molecule has 0 saturated carbocycles. The van der Waals surface area contributed by atoms with Crippen LogP contribution in [0.3, 0.4) is 0 Å². The van der Waals surface area contributed by atoms with Crippen LogP contribution in [0, 0.1) is 0 Å². The molecule has 0 aliphatic carbocycles. The van der Waals surface area contributed by atoms with Gasteiger partial charge in [-0.05, 0) is 30.2 Å². The summed E-state index contributed by atoms with van der Waals surface area (Å²) in [6.45, 7) is 4.98. The maximum atomic E-state index is 12.7. The van der Waals surface area contributed by atoms with Crippen LogP contribution >= 0.6 is 0 Å². The molecule has 4 heterocycles. The van der Waals surface area contributed by atoms with Gasteiger partial charge < -0.3 is 4.90 Å². The van der Waals surface area contributed by atoms with Crippen LogP contribution in [-0.4, -0.2) is 51.0 Å². The number of hydrogen-bond acceptors (Lipinski definition) is 6. The fraction of sp³-hybridized carbons (Fsp3) is 0.400. The van der Waals surface area contributed by atoms with E-state index in [1.54, 1.807) is 6.20 Å². The number of aromatic nitrogens is 4. The van der Waals surface area contributed by atoms with Gasteiger partial charge >= 0.3 is 6.18 Å². The molecule has 1 saturated heterocycles. The number of rotatable bonds is 4. The lowest BCUT2D eigenvalue weighted by Gasteiger charge is -2.39. The van der Waals surface area contributed by atoms with E-state index in [4.69, 9.17) is 0 Å². The van der Waals surface area contributed by atoms with Crippen molar-refractivity contribution in [3.8, 4) is 0 Å². The van der Waals surface area contributed by atoms with Crippen molar-refractivity contribution in [2.75, 3.05) is 31.1 Å². The lowest BCUT2D eigenvalue weighted by atomic mass is 10.0. The molecule has 1 unspecified atom stereocenters. The van der Waals surface area contributed by atoms with Crippen molar-refractivity contribution in [2.45, 2.75) is 25.6 Å². The Bertz CT molecular complexity index is 968. The normalized spacial score (nSPS) is 16.9. The number of nitrogens with zero attached hydrogens (tertiary/aromatic N) is 6. The minimum atomic E-state index is -4.42. The lowest BCUT2D eigenvalue weighted by Crippen LogP contribution is -2.48. The van der Waals surface area contributed by atoms with Crippen molar-refractivity contribution < 1.29 is 13.2 Å². The lowest BCUT2D eigenvalue weighted by molar-refractivity contribution is -0.138. The first-order valence-electron chi connectivity index (χ1n) is 9.54. The van der Waals surface area contributed by atoms with Crippen molar-refractivity contribution in [1.29, 1.82) is 0 Å². The minimum absolute atomic E-state index is 0.213. The number of fused-ring (bicyclic) bond motifs is 1. The van der Waals surface area contributed by atoms with E-state index < -0.39 is 11.7 Å². The molecule has 0 N–H and O–H groups in total. The van der Waals surface area contributed by atoms with E-state index in [2.05, 4.69) is 37.8 Å². The smallest absolute Gasteiger partial charge is 0.338 e. The van der Waals surface area contributed by atoms with E-state index in [0.717, 1.165) is 48.5 Å². The maximum Gasteiger partial charge on any atom is 0.419 e. The quantitative estimate of drug-likeness (QED) is 0.663. The summed E-state index contributed by atoms with van der Waals surface area (Å²) < 4.78 is 38.1. The van der Waals surface area contributed by atoms with E-state index >= 15 is 0 Å². The Hall–Kier alpha value is -2.81. The number of pyridine rings is 2. The first-order valence-corrected chi connectivity index (χ1v) is 9.54. The van der Waals surface area contributed by atoms with Crippen LogP contribution in [0.15, 0.2) is 43.0 Å². The SMILES string of the molecule is CCC(c1cnc2cccnc2c1)N1CCN(c2ncc(C(F)(F)F)cn2)CC1. The van der Waals surface area contributed by atoms with Gasteiger partial charge in [-0.2, -0.15) is 13.2 Å². The van der Waals surface area contributed by atoms with Gasteiger partial charge in [-0.1, -0.05) is 6.92 Å². The summed E-state index contributed by atoms with van der Waals surface area (Å²) in [5, 5.41) is 0. The molecule has 1 fully saturated rings. The zero-order valence-corrected chi connectivity index (χ0v) is 16.0. The monoisotopic (exact) mass is 402 g/mol. The maximum absolute atomic E-state index is 12.7.